The SMILES string of the molecule is COC1CCC(C2OCCN(N)C2C)CC1.Cl. The highest BCUT2D eigenvalue weighted by Gasteiger charge is 2.35. The first kappa shape index (κ1) is 15.2. The van der Waals surface area contributed by atoms with Gasteiger partial charge < -0.3 is 9.47 Å². The monoisotopic (exact) mass is 264 g/mol. The summed E-state index contributed by atoms with van der Waals surface area (Å²) < 4.78 is 11.3. The zero-order valence-electron chi connectivity index (χ0n) is 10.8. The predicted molar refractivity (Wildman–Crippen MR) is 70.1 cm³/mol. The van der Waals surface area contributed by atoms with Crippen LogP contribution in [-0.4, -0.2) is 43.5 Å². The lowest BCUT2D eigenvalue weighted by Gasteiger charge is -2.42. The number of methoxy groups -OCH3 is 1. The molecule has 0 radical (unpaired) electrons. The summed E-state index contributed by atoms with van der Waals surface area (Å²) in [6.45, 7) is 3.80. The molecule has 17 heavy (non-hydrogen) atoms. The summed E-state index contributed by atoms with van der Waals surface area (Å²) in [7, 11) is 1.81. The molecule has 1 heterocycles. The van der Waals surface area contributed by atoms with E-state index in [1.165, 1.54) is 12.8 Å². The molecule has 0 amide bonds. The second-order valence-electron chi connectivity index (χ2n) is 5.09. The third-order valence-electron chi connectivity index (χ3n) is 4.18. The summed E-state index contributed by atoms with van der Waals surface area (Å²) in [5.74, 6) is 6.62. The molecule has 5 heteroatoms. The van der Waals surface area contributed by atoms with Gasteiger partial charge in [0, 0.05) is 19.7 Å². The summed E-state index contributed by atoms with van der Waals surface area (Å²) in [6, 6.07) is 0.345. The molecule has 2 atom stereocenters. The molecule has 0 aromatic rings. The molecule has 0 aromatic carbocycles. The lowest BCUT2D eigenvalue weighted by molar-refractivity contribution is -0.105. The van der Waals surface area contributed by atoms with E-state index in [4.69, 9.17) is 15.3 Å². The molecular weight excluding hydrogens is 240 g/mol. The molecule has 2 fully saturated rings. The molecule has 1 aliphatic heterocycles. The van der Waals surface area contributed by atoms with Crippen molar-refractivity contribution in [2.45, 2.75) is 50.9 Å². The van der Waals surface area contributed by atoms with Crippen molar-refractivity contribution < 1.29 is 9.47 Å². The fraction of sp³-hybridized carbons (Fsp3) is 1.00. The summed E-state index contributed by atoms with van der Waals surface area (Å²) in [4.78, 5) is 0. The van der Waals surface area contributed by atoms with E-state index >= 15 is 0 Å². The van der Waals surface area contributed by atoms with Crippen LogP contribution in [0.3, 0.4) is 0 Å². The molecule has 2 aliphatic rings. The lowest BCUT2D eigenvalue weighted by atomic mass is 9.81. The van der Waals surface area contributed by atoms with E-state index in [-0.39, 0.29) is 12.4 Å². The van der Waals surface area contributed by atoms with Gasteiger partial charge in [0.15, 0.2) is 0 Å². The number of nitrogens with zero attached hydrogens (tertiary/aromatic N) is 1. The molecule has 4 nitrogen and oxygen atoms in total. The molecule has 1 aliphatic carbocycles. The summed E-state index contributed by atoms with van der Waals surface area (Å²) in [5.41, 5.74) is 0. The van der Waals surface area contributed by atoms with E-state index in [0.29, 0.717) is 24.2 Å². The number of halogens is 1. The molecule has 0 spiro atoms. The van der Waals surface area contributed by atoms with Gasteiger partial charge in [-0.05, 0) is 38.5 Å². The molecule has 0 aromatic heterocycles. The van der Waals surface area contributed by atoms with E-state index in [2.05, 4.69) is 6.92 Å². The van der Waals surface area contributed by atoms with Gasteiger partial charge in [0.2, 0.25) is 0 Å². The average molecular weight is 265 g/mol. The molecule has 1 saturated carbocycles. The summed E-state index contributed by atoms with van der Waals surface area (Å²) in [6.07, 6.45) is 5.53. The van der Waals surface area contributed by atoms with Crippen molar-refractivity contribution in [2.24, 2.45) is 11.8 Å². The third kappa shape index (κ3) is 3.55. The minimum Gasteiger partial charge on any atom is -0.381 e. The molecule has 0 bridgehead atoms. The van der Waals surface area contributed by atoms with Gasteiger partial charge >= 0.3 is 0 Å². The van der Waals surface area contributed by atoms with Gasteiger partial charge in [0.1, 0.15) is 0 Å². The first-order chi connectivity index (χ1) is 7.72. The maximum absolute atomic E-state index is 5.96. The Bertz CT molecular complexity index is 223. The second-order valence-corrected chi connectivity index (χ2v) is 5.09. The van der Waals surface area contributed by atoms with Crippen LogP contribution in [0.25, 0.3) is 0 Å². The van der Waals surface area contributed by atoms with E-state index in [0.717, 1.165) is 26.0 Å². The Kier molecular flexibility index (Phi) is 6.17. The Morgan fingerprint density at radius 1 is 1.24 bits per heavy atom. The molecule has 2 N–H and O–H groups in total. The number of rotatable bonds is 2. The Hall–Kier alpha value is 0.130. The fourth-order valence-corrected chi connectivity index (χ4v) is 3.01. The van der Waals surface area contributed by atoms with E-state index in [9.17, 15) is 0 Å². The Balaban J connectivity index is 0.00000144. The standard InChI is InChI=1S/C12H24N2O2.ClH/c1-9-12(16-8-7-14(9)13)10-3-5-11(15-2)6-4-10;/h9-12H,3-8,13H2,1-2H3;1H. The lowest BCUT2D eigenvalue weighted by Crippen LogP contribution is -2.55. The Labute approximate surface area is 110 Å². The Morgan fingerprint density at radius 3 is 2.47 bits per heavy atom. The zero-order valence-corrected chi connectivity index (χ0v) is 11.6. The van der Waals surface area contributed by atoms with Gasteiger partial charge in [-0.2, -0.15) is 0 Å². The van der Waals surface area contributed by atoms with Gasteiger partial charge in [-0.25, -0.2) is 5.01 Å². The van der Waals surface area contributed by atoms with E-state index in [1.54, 1.807) is 0 Å². The van der Waals surface area contributed by atoms with Crippen LogP contribution in [0.1, 0.15) is 32.6 Å². The first-order valence-electron chi connectivity index (χ1n) is 6.38. The van der Waals surface area contributed by atoms with Crippen LogP contribution < -0.4 is 5.84 Å². The minimum absolute atomic E-state index is 0. The highest BCUT2D eigenvalue weighted by molar-refractivity contribution is 5.85. The van der Waals surface area contributed by atoms with Crippen molar-refractivity contribution in [1.29, 1.82) is 0 Å². The van der Waals surface area contributed by atoms with E-state index in [1.807, 2.05) is 12.1 Å². The quantitative estimate of drug-likeness (QED) is 0.770. The van der Waals surface area contributed by atoms with Crippen molar-refractivity contribution in [3.8, 4) is 0 Å². The smallest absolute Gasteiger partial charge is 0.0770 e. The van der Waals surface area contributed by atoms with Crippen molar-refractivity contribution in [1.82, 2.24) is 5.01 Å². The molecule has 2 unspecified atom stereocenters. The topological polar surface area (TPSA) is 47.7 Å². The average Bonchev–Trinajstić information content (AvgIpc) is 2.33. The van der Waals surface area contributed by atoms with Gasteiger partial charge in [0.05, 0.1) is 18.8 Å². The summed E-state index contributed by atoms with van der Waals surface area (Å²) in [5, 5.41) is 1.93. The number of hydrogen-bond donors (Lipinski definition) is 1. The number of hydrazine groups is 1. The molecular formula is C12H25ClN2O2. The highest BCUT2D eigenvalue weighted by atomic mass is 35.5. The normalized spacial score (nSPS) is 39.7. The van der Waals surface area contributed by atoms with Gasteiger partial charge in [0.25, 0.3) is 0 Å². The maximum atomic E-state index is 5.96. The largest absolute Gasteiger partial charge is 0.381 e. The maximum Gasteiger partial charge on any atom is 0.0770 e. The molecule has 102 valence electrons. The van der Waals surface area contributed by atoms with Gasteiger partial charge in [-0.3, -0.25) is 5.84 Å². The van der Waals surface area contributed by atoms with Gasteiger partial charge in [-0.1, -0.05) is 0 Å². The van der Waals surface area contributed by atoms with Crippen molar-refractivity contribution >= 4 is 12.4 Å². The minimum atomic E-state index is 0. The second kappa shape index (κ2) is 6.90. The fourth-order valence-electron chi connectivity index (χ4n) is 3.01. The zero-order chi connectivity index (χ0) is 11.5. The molecule has 2 rings (SSSR count). The number of morpholine rings is 1. The number of hydrogen-bond acceptors (Lipinski definition) is 4. The van der Waals surface area contributed by atoms with E-state index < -0.39 is 0 Å². The van der Waals surface area contributed by atoms with Crippen LogP contribution in [0.2, 0.25) is 0 Å². The van der Waals surface area contributed by atoms with Gasteiger partial charge in [-0.15, -0.1) is 12.4 Å². The Morgan fingerprint density at radius 2 is 1.88 bits per heavy atom. The van der Waals surface area contributed by atoms with Crippen LogP contribution >= 0.6 is 12.4 Å². The number of ether oxygens (including phenoxy) is 2. The van der Waals surface area contributed by atoms with Crippen molar-refractivity contribution in [3.05, 3.63) is 0 Å². The highest BCUT2D eigenvalue weighted by Crippen LogP contribution is 2.32. The molecule has 1 saturated heterocycles. The third-order valence-corrected chi connectivity index (χ3v) is 4.18. The number of nitrogens with two attached hydrogens (primary N) is 1. The van der Waals surface area contributed by atoms with Crippen LogP contribution in [0.5, 0.6) is 0 Å². The van der Waals surface area contributed by atoms with Crippen molar-refractivity contribution in [3.63, 3.8) is 0 Å². The van der Waals surface area contributed by atoms with Crippen LogP contribution in [0.15, 0.2) is 0 Å². The van der Waals surface area contributed by atoms with Crippen LogP contribution in [-0.2, 0) is 9.47 Å². The van der Waals surface area contributed by atoms with Crippen LogP contribution in [0, 0.1) is 5.92 Å². The van der Waals surface area contributed by atoms with Crippen molar-refractivity contribution in [2.75, 3.05) is 20.3 Å². The van der Waals surface area contributed by atoms with Crippen LogP contribution in [0.4, 0.5) is 0 Å². The summed E-state index contributed by atoms with van der Waals surface area (Å²) >= 11 is 0. The predicted octanol–water partition coefficient (Wildman–Crippen LogP) is 1.58. The first-order valence-corrected chi connectivity index (χ1v) is 6.38.